The Hall–Kier alpha value is -3.29. The lowest BCUT2D eigenvalue weighted by Gasteiger charge is -2.08. The van der Waals surface area contributed by atoms with Crippen molar-refractivity contribution in [1.29, 1.82) is 0 Å². The number of benzene rings is 2. The third-order valence-corrected chi connectivity index (χ3v) is 3.45. The van der Waals surface area contributed by atoms with E-state index in [0.29, 0.717) is 5.56 Å². The third kappa shape index (κ3) is 4.84. The molecule has 8 heteroatoms. The van der Waals surface area contributed by atoms with Gasteiger partial charge in [0.25, 0.3) is 17.5 Å². The number of carbonyl (C=O) groups is 2. The van der Waals surface area contributed by atoms with Crippen LogP contribution >= 0.6 is 0 Å². The van der Waals surface area contributed by atoms with Gasteiger partial charge in [0.2, 0.25) is 0 Å². The first kappa shape index (κ1) is 18.1. The number of hydrogen-bond acceptors (Lipinski definition) is 4. The zero-order valence-corrected chi connectivity index (χ0v) is 13.4. The van der Waals surface area contributed by atoms with Crippen LogP contribution in [0.25, 0.3) is 0 Å². The maximum absolute atomic E-state index is 13.4. The second-order valence-electron chi connectivity index (χ2n) is 5.28. The predicted octanol–water partition coefficient (Wildman–Crippen LogP) is 2.20. The van der Waals surface area contributed by atoms with Crippen molar-refractivity contribution in [3.8, 4) is 0 Å². The van der Waals surface area contributed by atoms with Crippen LogP contribution in [0.15, 0.2) is 42.5 Å². The fraction of sp³-hybridized carbons (Fsp3) is 0.176. The maximum atomic E-state index is 13.4. The summed E-state index contributed by atoms with van der Waals surface area (Å²) in [6.45, 7) is 1.86. The molecule has 0 saturated carbocycles. The van der Waals surface area contributed by atoms with Crippen LogP contribution in [0.1, 0.15) is 26.3 Å². The van der Waals surface area contributed by atoms with E-state index in [1.54, 1.807) is 6.92 Å². The summed E-state index contributed by atoms with van der Waals surface area (Å²) < 4.78 is 13.4. The molecular formula is C17H16FN3O4. The molecule has 2 N–H and O–H groups in total. The van der Waals surface area contributed by atoms with E-state index >= 15 is 0 Å². The van der Waals surface area contributed by atoms with Gasteiger partial charge in [-0.15, -0.1) is 0 Å². The molecule has 0 aliphatic carbocycles. The Bertz CT molecular complexity index is 823. The van der Waals surface area contributed by atoms with E-state index in [9.17, 15) is 24.1 Å². The number of hydrogen-bond donors (Lipinski definition) is 2. The summed E-state index contributed by atoms with van der Waals surface area (Å²) in [7, 11) is 0. The standard InChI is InChI=1S/C17H16FN3O4/c1-11-5-6-13(10-15(11)18)17(23)20-8-7-19-16(22)12-3-2-4-14(9-12)21(24)25/h2-6,9-10H,7-8H2,1H3,(H,19,22)(H,20,23). The van der Waals surface area contributed by atoms with E-state index in [2.05, 4.69) is 10.6 Å². The molecule has 0 bridgehead atoms. The van der Waals surface area contributed by atoms with Gasteiger partial charge in [0.05, 0.1) is 4.92 Å². The molecule has 0 atom stereocenters. The van der Waals surface area contributed by atoms with Crippen LogP contribution in [0.4, 0.5) is 10.1 Å². The zero-order valence-electron chi connectivity index (χ0n) is 13.4. The predicted molar refractivity (Wildman–Crippen MR) is 88.9 cm³/mol. The first-order valence-electron chi connectivity index (χ1n) is 7.45. The second-order valence-corrected chi connectivity index (χ2v) is 5.28. The Morgan fingerprint density at radius 1 is 1.04 bits per heavy atom. The van der Waals surface area contributed by atoms with E-state index in [1.807, 2.05) is 0 Å². The van der Waals surface area contributed by atoms with Crippen LogP contribution < -0.4 is 10.6 Å². The quantitative estimate of drug-likeness (QED) is 0.476. The number of nitrogens with one attached hydrogen (secondary N) is 2. The van der Waals surface area contributed by atoms with Crippen LogP contribution in [-0.2, 0) is 0 Å². The van der Waals surface area contributed by atoms with Crippen LogP contribution in [-0.4, -0.2) is 29.8 Å². The highest BCUT2D eigenvalue weighted by molar-refractivity contribution is 5.95. The number of halogens is 1. The Balaban J connectivity index is 1.83. The van der Waals surface area contributed by atoms with E-state index in [0.717, 1.165) is 6.07 Å². The molecule has 0 unspecified atom stereocenters. The number of non-ortho nitro benzene ring substituents is 1. The van der Waals surface area contributed by atoms with Crippen LogP contribution in [0, 0.1) is 22.9 Å². The van der Waals surface area contributed by atoms with Gasteiger partial charge in [-0.25, -0.2) is 4.39 Å². The summed E-state index contributed by atoms with van der Waals surface area (Å²) in [5.41, 5.74) is 0.609. The van der Waals surface area contributed by atoms with Gasteiger partial charge in [0.1, 0.15) is 5.82 Å². The average molecular weight is 345 g/mol. The fourth-order valence-electron chi connectivity index (χ4n) is 2.05. The molecule has 0 saturated heterocycles. The van der Waals surface area contributed by atoms with Crippen LogP contribution in [0.3, 0.4) is 0 Å². The maximum Gasteiger partial charge on any atom is 0.270 e. The minimum absolute atomic E-state index is 0.127. The molecule has 2 aromatic carbocycles. The fourth-order valence-corrected chi connectivity index (χ4v) is 2.05. The molecule has 0 aromatic heterocycles. The van der Waals surface area contributed by atoms with Gasteiger partial charge >= 0.3 is 0 Å². The molecule has 0 spiro atoms. The Morgan fingerprint density at radius 2 is 1.64 bits per heavy atom. The molecule has 2 aromatic rings. The van der Waals surface area contributed by atoms with E-state index in [-0.39, 0.29) is 29.9 Å². The highest BCUT2D eigenvalue weighted by Crippen LogP contribution is 2.12. The zero-order chi connectivity index (χ0) is 18.4. The van der Waals surface area contributed by atoms with E-state index < -0.39 is 22.6 Å². The Labute approximate surface area is 143 Å². The number of aryl methyl sites for hydroxylation is 1. The second kappa shape index (κ2) is 8.00. The lowest BCUT2D eigenvalue weighted by molar-refractivity contribution is -0.384. The summed E-state index contributed by atoms with van der Waals surface area (Å²) in [5.74, 6) is -1.41. The highest BCUT2D eigenvalue weighted by atomic mass is 19.1. The Kier molecular flexibility index (Phi) is 5.78. The molecule has 0 aliphatic rings. The SMILES string of the molecule is Cc1ccc(C(=O)NCCNC(=O)c2cccc([N+](=O)[O-])c2)cc1F. The minimum atomic E-state index is -0.586. The van der Waals surface area contributed by atoms with Gasteiger partial charge in [-0.3, -0.25) is 19.7 Å². The summed E-state index contributed by atoms with van der Waals surface area (Å²) >= 11 is 0. The number of nitro benzene ring substituents is 1. The van der Waals surface area contributed by atoms with Crippen molar-refractivity contribution in [3.63, 3.8) is 0 Å². The summed E-state index contributed by atoms with van der Waals surface area (Å²) in [4.78, 5) is 33.9. The number of nitro groups is 1. The first-order chi connectivity index (χ1) is 11.9. The van der Waals surface area contributed by atoms with Crippen molar-refractivity contribution in [2.75, 3.05) is 13.1 Å². The van der Waals surface area contributed by atoms with Gasteiger partial charge in [-0.2, -0.15) is 0 Å². The third-order valence-electron chi connectivity index (χ3n) is 3.45. The van der Waals surface area contributed by atoms with Crippen molar-refractivity contribution in [2.24, 2.45) is 0 Å². The van der Waals surface area contributed by atoms with Gasteiger partial charge in [-0.05, 0) is 30.7 Å². The van der Waals surface area contributed by atoms with Crippen molar-refractivity contribution >= 4 is 17.5 Å². The monoisotopic (exact) mass is 345 g/mol. The molecule has 0 heterocycles. The number of rotatable bonds is 6. The van der Waals surface area contributed by atoms with E-state index in [1.165, 1.54) is 36.4 Å². The largest absolute Gasteiger partial charge is 0.350 e. The van der Waals surface area contributed by atoms with Crippen molar-refractivity contribution < 1.29 is 18.9 Å². The highest BCUT2D eigenvalue weighted by Gasteiger charge is 2.11. The van der Waals surface area contributed by atoms with Gasteiger partial charge < -0.3 is 10.6 Å². The van der Waals surface area contributed by atoms with Crippen LogP contribution in [0.5, 0.6) is 0 Å². The molecule has 0 aliphatic heterocycles. The molecule has 0 fully saturated rings. The Morgan fingerprint density at radius 3 is 2.20 bits per heavy atom. The van der Waals surface area contributed by atoms with Gasteiger partial charge in [0.15, 0.2) is 0 Å². The van der Waals surface area contributed by atoms with Gasteiger partial charge in [-0.1, -0.05) is 12.1 Å². The lowest BCUT2D eigenvalue weighted by atomic mass is 10.1. The van der Waals surface area contributed by atoms with Gasteiger partial charge in [0, 0.05) is 36.3 Å². The smallest absolute Gasteiger partial charge is 0.270 e. The lowest BCUT2D eigenvalue weighted by Crippen LogP contribution is -2.34. The normalized spacial score (nSPS) is 10.2. The number of nitrogens with zero attached hydrogens (tertiary/aromatic N) is 1. The molecule has 25 heavy (non-hydrogen) atoms. The van der Waals surface area contributed by atoms with Crippen molar-refractivity contribution in [1.82, 2.24) is 10.6 Å². The van der Waals surface area contributed by atoms with Crippen molar-refractivity contribution in [3.05, 3.63) is 75.1 Å². The van der Waals surface area contributed by atoms with Crippen LogP contribution in [0.2, 0.25) is 0 Å². The van der Waals surface area contributed by atoms with Crippen molar-refractivity contribution in [2.45, 2.75) is 6.92 Å². The average Bonchev–Trinajstić information content (AvgIpc) is 2.60. The summed E-state index contributed by atoms with van der Waals surface area (Å²) in [6, 6.07) is 9.49. The molecule has 7 nitrogen and oxygen atoms in total. The van der Waals surface area contributed by atoms with E-state index in [4.69, 9.17) is 0 Å². The summed E-state index contributed by atoms with van der Waals surface area (Å²) in [6.07, 6.45) is 0. The number of amides is 2. The molecule has 130 valence electrons. The molecule has 0 radical (unpaired) electrons. The minimum Gasteiger partial charge on any atom is -0.350 e. The summed E-state index contributed by atoms with van der Waals surface area (Å²) in [5, 5.41) is 15.8. The molecule has 2 rings (SSSR count). The topological polar surface area (TPSA) is 101 Å². The molecular weight excluding hydrogens is 329 g/mol. The first-order valence-corrected chi connectivity index (χ1v) is 7.45. The molecule has 2 amide bonds. The number of carbonyl (C=O) groups excluding carboxylic acids is 2.